The standard InChI is InChI=1S/C8H8FNO4/c1-13-5-3-6(10(11)12)8(9)7(4-5)14-2/h3-4H,1-2H3. The maximum atomic E-state index is 13.2. The Morgan fingerprint density at radius 3 is 2.43 bits per heavy atom. The summed E-state index contributed by atoms with van der Waals surface area (Å²) < 4.78 is 22.6. The second-order valence-electron chi connectivity index (χ2n) is 2.42. The van der Waals surface area contributed by atoms with E-state index in [9.17, 15) is 14.5 Å². The highest BCUT2D eigenvalue weighted by Crippen LogP contribution is 2.31. The third-order valence-electron chi connectivity index (χ3n) is 1.65. The van der Waals surface area contributed by atoms with Crippen LogP contribution in [0.15, 0.2) is 12.1 Å². The van der Waals surface area contributed by atoms with Crippen LogP contribution in [0.2, 0.25) is 0 Å². The van der Waals surface area contributed by atoms with E-state index in [0.29, 0.717) is 0 Å². The molecule has 0 aliphatic heterocycles. The maximum Gasteiger partial charge on any atom is 0.312 e. The number of hydrogen-bond acceptors (Lipinski definition) is 4. The van der Waals surface area contributed by atoms with Crippen LogP contribution in [0.4, 0.5) is 10.1 Å². The van der Waals surface area contributed by atoms with Crippen LogP contribution in [0.5, 0.6) is 11.5 Å². The van der Waals surface area contributed by atoms with Crippen LogP contribution < -0.4 is 9.47 Å². The minimum Gasteiger partial charge on any atom is -0.496 e. The maximum absolute atomic E-state index is 13.2. The summed E-state index contributed by atoms with van der Waals surface area (Å²) in [7, 11) is 2.55. The Bertz CT molecular complexity index is 367. The molecule has 0 bridgehead atoms. The van der Waals surface area contributed by atoms with Gasteiger partial charge in [-0.05, 0) is 0 Å². The molecule has 0 saturated carbocycles. The van der Waals surface area contributed by atoms with Crippen LogP contribution in [-0.2, 0) is 0 Å². The summed E-state index contributed by atoms with van der Waals surface area (Å²) in [5.74, 6) is -1.04. The number of nitro groups is 1. The van der Waals surface area contributed by atoms with E-state index in [1.165, 1.54) is 20.3 Å². The van der Waals surface area contributed by atoms with E-state index in [4.69, 9.17) is 4.74 Å². The van der Waals surface area contributed by atoms with Crippen molar-refractivity contribution < 1.29 is 18.8 Å². The number of halogens is 1. The molecular formula is C8H8FNO4. The van der Waals surface area contributed by atoms with Gasteiger partial charge >= 0.3 is 5.69 Å². The fourth-order valence-electron chi connectivity index (χ4n) is 0.958. The van der Waals surface area contributed by atoms with Crippen LogP contribution in [0.25, 0.3) is 0 Å². The quantitative estimate of drug-likeness (QED) is 0.552. The summed E-state index contributed by atoms with van der Waals surface area (Å²) in [5.41, 5.74) is -0.666. The van der Waals surface area contributed by atoms with Gasteiger partial charge in [-0.2, -0.15) is 4.39 Å². The van der Waals surface area contributed by atoms with E-state index >= 15 is 0 Å². The largest absolute Gasteiger partial charge is 0.496 e. The molecule has 14 heavy (non-hydrogen) atoms. The van der Waals surface area contributed by atoms with Gasteiger partial charge in [0.2, 0.25) is 5.82 Å². The van der Waals surface area contributed by atoms with Gasteiger partial charge in [0.1, 0.15) is 5.75 Å². The van der Waals surface area contributed by atoms with Gasteiger partial charge in [0, 0.05) is 6.07 Å². The average molecular weight is 201 g/mol. The van der Waals surface area contributed by atoms with Gasteiger partial charge in [-0.15, -0.1) is 0 Å². The molecule has 0 atom stereocenters. The van der Waals surface area contributed by atoms with Crippen LogP contribution in [-0.4, -0.2) is 19.1 Å². The first-order valence-corrected chi connectivity index (χ1v) is 3.66. The number of benzene rings is 1. The molecule has 5 nitrogen and oxygen atoms in total. The molecule has 0 spiro atoms. The van der Waals surface area contributed by atoms with Gasteiger partial charge in [-0.1, -0.05) is 0 Å². The SMILES string of the molecule is COc1cc(OC)c(F)c([N+](=O)[O-])c1. The highest BCUT2D eigenvalue weighted by Gasteiger charge is 2.20. The van der Waals surface area contributed by atoms with Crippen molar-refractivity contribution in [2.24, 2.45) is 0 Å². The van der Waals surface area contributed by atoms with E-state index in [1.807, 2.05) is 0 Å². The Morgan fingerprint density at radius 1 is 1.36 bits per heavy atom. The molecular weight excluding hydrogens is 193 g/mol. The fraction of sp³-hybridized carbons (Fsp3) is 0.250. The van der Waals surface area contributed by atoms with Gasteiger partial charge in [-0.3, -0.25) is 10.1 Å². The molecule has 0 aliphatic rings. The normalized spacial score (nSPS) is 9.64. The summed E-state index contributed by atoms with van der Waals surface area (Å²) in [6.45, 7) is 0. The predicted molar refractivity (Wildman–Crippen MR) is 46.2 cm³/mol. The number of nitro benzene ring substituents is 1. The van der Waals surface area contributed by atoms with Gasteiger partial charge < -0.3 is 9.47 Å². The summed E-state index contributed by atoms with van der Waals surface area (Å²) in [6, 6.07) is 2.24. The zero-order valence-electron chi connectivity index (χ0n) is 7.61. The lowest BCUT2D eigenvalue weighted by atomic mass is 10.2. The van der Waals surface area contributed by atoms with Crippen molar-refractivity contribution in [1.82, 2.24) is 0 Å². The molecule has 0 N–H and O–H groups in total. The van der Waals surface area contributed by atoms with Crippen molar-refractivity contribution in [3.63, 3.8) is 0 Å². The summed E-state index contributed by atoms with van der Waals surface area (Å²) in [5, 5.41) is 10.4. The molecule has 0 aromatic heterocycles. The minimum absolute atomic E-state index is 0.176. The highest BCUT2D eigenvalue weighted by molar-refractivity contribution is 5.47. The van der Waals surface area contributed by atoms with Crippen molar-refractivity contribution in [1.29, 1.82) is 0 Å². The van der Waals surface area contributed by atoms with Crippen molar-refractivity contribution in [2.75, 3.05) is 14.2 Å². The second-order valence-corrected chi connectivity index (χ2v) is 2.42. The molecule has 1 rings (SSSR count). The second kappa shape index (κ2) is 3.91. The van der Waals surface area contributed by atoms with E-state index in [1.54, 1.807) is 0 Å². The lowest BCUT2D eigenvalue weighted by Gasteiger charge is -2.05. The molecule has 1 aromatic rings. The highest BCUT2D eigenvalue weighted by atomic mass is 19.1. The molecule has 0 saturated heterocycles. The monoisotopic (exact) mass is 201 g/mol. The zero-order valence-corrected chi connectivity index (χ0v) is 7.61. The predicted octanol–water partition coefficient (Wildman–Crippen LogP) is 1.75. The third kappa shape index (κ3) is 1.73. The van der Waals surface area contributed by atoms with E-state index in [2.05, 4.69) is 4.74 Å². The summed E-state index contributed by atoms with van der Waals surface area (Å²) in [6.07, 6.45) is 0. The molecule has 0 unspecified atom stereocenters. The third-order valence-corrected chi connectivity index (χ3v) is 1.65. The molecule has 0 heterocycles. The first-order valence-electron chi connectivity index (χ1n) is 3.66. The number of methoxy groups -OCH3 is 2. The minimum atomic E-state index is -1.00. The average Bonchev–Trinajstić information content (AvgIpc) is 2.17. The summed E-state index contributed by atoms with van der Waals surface area (Å²) >= 11 is 0. The van der Waals surface area contributed by atoms with E-state index in [-0.39, 0.29) is 11.5 Å². The lowest BCUT2D eigenvalue weighted by Crippen LogP contribution is -1.97. The first-order chi connectivity index (χ1) is 6.60. The molecule has 0 amide bonds. The molecule has 1 aromatic carbocycles. The lowest BCUT2D eigenvalue weighted by molar-refractivity contribution is -0.387. The molecule has 0 radical (unpaired) electrons. The van der Waals surface area contributed by atoms with Gasteiger partial charge in [0.25, 0.3) is 0 Å². The van der Waals surface area contributed by atoms with Crippen molar-refractivity contribution in [3.8, 4) is 11.5 Å². The van der Waals surface area contributed by atoms with E-state index in [0.717, 1.165) is 6.07 Å². The zero-order chi connectivity index (χ0) is 10.7. The van der Waals surface area contributed by atoms with Crippen molar-refractivity contribution in [3.05, 3.63) is 28.1 Å². The molecule has 6 heteroatoms. The first kappa shape index (κ1) is 10.2. The Labute approximate surface area is 79.2 Å². The Kier molecular flexibility index (Phi) is 2.85. The van der Waals surface area contributed by atoms with Crippen LogP contribution >= 0.6 is 0 Å². The van der Waals surface area contributed by atoms with Crippen molar-refractivity contribution >= 4 is 5.69 Å². The Morgan fingerprint density at radius 2 is 2.00 bits per heavy atom. The molecule has 0 aliphatic carbocycles. The smallest absolute Gasteiger partial charge is 0.312 e. The van der Waals surface area contributed by atoms with Crippen LogP contribution in [0.3, 0.4) is 0 Å². The molecule has 0 fully saturated rings. The number of ether oxygens (including phenoxy) is 2. The fourth-order valence-corrected chi connectivity index (χ4v) is 0.958. The Hall–Kier alpha value is -1.85. The van der Waals surface area contributed by atoms with Gasteiger partial charge in [0.15, 0.2) is 5.75 Å². The van der Waals surface area contributed by atoms with E-state index < -0.39 is 16.4 Å². The topological polar surface area (TPSA) is 61.6 Å². The van der Waals surface area contributed by atoms with Crippen molar-refractivity contribution in [2.45, 2.75) is 0 Å². The molecule has 76 valence electrons. The Balaban J connectivity index is 3.34. The number of hydrogen-bond donors (Lipinski definition) is 0. The number of rotatable bonds is 3. The van der Waals surface area contributed by atoms with Gasteiger partial charge in [0.05, 0.1) is 25.2 Å². The van der Waals surface area contributed by atoms with Crippen LogP contribution in [0, 0.1) is 15.9 Å². The van der Waals surface area contributed by atoms with Crippen LogP contribution in [0.1, 0.15) is 0 Å². The van der Waals surface area contributed by atoms with Gasteiger partial charge in [-0.25, -0.2) is 0 Å². The number of nitrogens with zero attached hydrogens (tertiary/aromatic N) is 1. The summed E-state index contributed by atoms with van der Waals surface area (Å²) in [4.78, 5) is 9.58.